The Morgan fingerprint density at radius 3 is 1.82 bits per heavy atom. The van der Waals surface area contributed by atoms with Crippen molar-refractivity contribution in [2.75, 3.05) is 4.90 Å². The Kier molecular flexibility index (Phi) is 7.84. The molecule has 11 rings (SSSR count). The first-order valence-electron chi connectivity index (χ1n) is 19.2. The van der Waals surface area contributed by atoms with E-state index in [0.717, 1.165) is 79.0 Å². The SMILES string of the molecule is C1=CC(c2nc(-c3ccccc3)nc(-c3ccccc3)n2)C2C(=C1)Oc1c(-c3ccc(N4c5ccccc5Oc5cc(-c6ccccc6)ccc54)cc3)cccc12. The molecule has 0 bridgehead atoms. The predicted molar refractivity (Wildman–Crippen MR) is 226 cm³/mol. The van der Waals surface area contributed by atoms with Crippen LogP contribution in [0, 0.1) is 0 Å². The van der Waals surface area contributed by atoms with E-state index >= 15 is 0 Å². The third kappa shape index (κ3) is 5.78. The Morgan fingerprint density at radius 2 is 1.11 bits per heavy atom. The van der Waals surface area contributed by atoms with Gasteiger partial charge >= 0.3 is 0 Å². The first-order chi connectivity index (χ1) is 28.2. The molecule has 2 atom stereocenters. The molecule has 1 aromatic heterocycles. The Bertz CT molecular complexity index is 2800. The third-order valence-corrected chi connectivity index (χ3v) is 10.9. The zero-order valence-corrected chi connectivity index (χ0v) is 30.7. The number of para-hydroxylation sites is 3. The van der Waals surface area contributed by atoms with Crippen molar-refractivity contribution in [3.63, 3.8) is 0 Å². The van der Waals surface area contributed by atoms with Crippen LogP contribution in [-0.4, -0.2) is 15.0 Å². The highest BCUT2D eigenvalue weighted by atomic mass is 16.5. The molecule has 270 valence electrons. The molecule has 6 heteroatoms. The molecule has 0 spiro atoms. The van der Waals surface area contributed by atoms with Gasteiger partial charge in [-0.3, -0.25) is 0 Å². The Morgan fingerprint density at radius 1 is 0.474 bits per heavy atom. The van der Waals surface area contributed by atoms with Gasteiger partial charge in [0.1, 0.15) is 17.3 Å². The second kappa shape index (κ2) is 13.6. The van der Waals surface area contributed by atoms with Crippen molar-refractivity contribution in [2.24, 2.45) is 0 Å². The molecule has 2 unspecified atom stereocenters. The minimum atomic E-state index is -0.152. The molecule has 8 aromatic rings. The lowest BCUT2D eigenvalue weighted by molar-refractivity contribution is 0.415. The van der Waals surface area contributed by atoms with Crippen LogP contribution in [0.2, 0.25) is 0 Å². The molecule has 0 fully saturated rings. The van der Waals surface area contributed by atoms with E-state index in [2.05, 4.69) is 120 Å². The molecule has 0 saturated heterocycles. The molecule has 0 radical (unpaired) electrons. The molecule has 7 aromatic carbocycles. The van der Waals surface area contributed by atoms with Crippen LogP contribution < -0.4 is 14.4 Å². The molecule has 1 aliphatic carbocycles. The number of anilines is 3. The lowest BCUT2D eigenvalue weighted by atomic mass is 9.81. The van der Waals surface area contributed by atoms with Crippen molar-refractivity contribution in [3.8, 4) is 62.3 Å². The van der Waals surface area contributed by atoms with Crippen molar-refractivity contribution >= 4 is 17.1 Å². The average molecular weight is 735 g/mol. The van der Waals surface area contributed by atoms with Crippen molar-refractivity contribution in [3.05, 3.63) is 211 Å². The standard InChI is InChI=1S/C51H34N4O2/c1-4-14-33(15-5-1)37-28-31-43-46(32-37)56-44-24-11-10-23-42(44)55(43)38-29-26-34(27-30-38)39-20-12-21-40-47-41(22-13-25-45(47)57-48(39)40)51-53-49(35-16-6-2-7-17-35)52-50(54-51)36-18-8-3-9-19-36/h1-32,41,47H. The maximum atomic E-state index is 6.78. The van der Waals surface area contributed by atoms with Crippen LogP contribution in [0.3, 0.4) is 0 Å². The van der Waals surface area contributed by atoms with E-state index in [1.165, 1.54) is 0 Å². The molecule has 0 saturated carbocycles. The Labute approximate surface area is 330 Å². The van der Waals surface area contributed by atoms with Gasteiger partial charge in [-0.1, -0.05) is 152 Å². The number of nitrogens with zero attached hydrogens (tertiary/aromatic N) is 4. The topological polar surface area (TPSA) is 60.4 Å². The number of rotatable bonds is 6. The van der Waals surface area contributed by atoms with E-state index in [4.69, 9.17) is 24.4 Å². The predicted octanol–water partition coefficient (Wildman–Crippen LogP) is 12.8. The zero-order chi connectivity index (χ0) is 37.7. The molecular formula is C51H34N4O2. The monoisotopic (exact) mass is 734 g/mol. The van der Waals surface area contributed by atoms with Gasteiger partial charge < -0.3 is 14.4 Å². The fourth-order valence-electron chi connectivity index (χ4n) is 8.21. The summed E-state index contributed by atoms with van der Waals surface area (Å²) in [5.74, 6) is 5.17. The van der Waals surface area contributed by atoms with E-state index in [-0.39, 0.29) is 11.8 Å². The lowest BCUT2D eigenvalue weighted by Gasteiger charge is -2.33. The second-order valence-electron chi connectivity index (χ2n) is 14.4. The van der Waals surface area contributed by atoms with Gasteiger partial charge in [-0.05, 0) is 59.2 Å². The molecule has 3 aliphatic rings. The van der Waals surface area contributed by atoms with Crippen molar-refractivity contribution < 1.29 is 9.47 Å². The number of hydrogen-bond acceptors (Lipinski definition) is 6. The maximum Gasteiger partial charge on any atom is 0.163 e. The van der Waals surface area contributed by atoms with Crippen LogP contribution >= 0.6 is 0 Å². The number of hydrogen-bond donors (Lipinski definition) is 0. The van der Waals surface area contributed by atoms with E-state index < -0.39 is 0 Å². The summed E-state index contributed by atoms with van der Waals surface area (Å²) >= 11 is 0. The van der Waals surface area contributed by atoms with Crippen LogP contribution in [0.1, 0.15) is 23.2 Å². The number of aromatic nitrogens is 3. The van der Waals surface area contributed by atoms with Gasteiger partial charge in [0.05, 0.1) is 23.2 Å². The number of fused-ring (bicyclic) bond motifs is 5. The summed E-state index contributed by atoms with van der Waals surface area (Å²) in [6, 6.07) is 60.4. The summed E-state index contributed by atoms with van der Waals surface area (Å²) in [6.45, 7) is 0. The number of ether oxygens (including phenoxy) is 2. The van der Waals surface area contributed by atoms with Crippen LogP contribution in [0.4, 0.5) is 17.1 Å². The Balaban J connectivity index is 0.953. The average Bonchev–Trinajstić information content (AvgIpc) is 3.68. The molecule has 6 nitrogen and oxygen atoms in total. The quantitative estimate of drug-likeness (QED) is 0.169. The van der Waals surface area contributed by atoms with Crippen molar-refractivity contribution in [1.29, 1.82) is 0 Å². The van der Waals surface area contributed by atoms with Crippen LogP contribution in [-0.2, 0) is 0 Å². The van der Waals surface area contributed by atoms with Gasteiger partial charge in [-0.2, -0.15) is 0 Å². The third-order valence-electron chi connectivity index (χ3n) is 10.9. The van der Waals surface area contributed by atoms with Crippen LogP contribution in [0.5, 0.6) is 17.2 Å². The highest BCUT2D eigenvalue weighted by Crippen LogP contribution is 2.54. The molecular weight excluding hydrogens is 701 g/mol. The first kappa shape index (κ1) is 32.8. The second-order valence-corrected chi connectivity index (χ2v) is 14.4. The summed E-state index contributed by atoms with van der Waals surface area (Å²) in [5.41, 5.74) is 10.4. The van der Waals surface area contributed by atoms with E-state index in [9.17, 15) is 0 Å². The fourth-order valence-corrected chi connectivity index (χ4v) is 8.21. The molecule has 57 heavy (non-hydrogen) atoms. The lowest BCUT2D eigenvalue weighted by Crippen LogP contribution is -2.16. The maximum absolute atomic E-state index is 6.78. The first-order valence-corrected chi connectivity index (χ1v) is 19.2. The fraction of sp³-hybridized carbons (Fsp3) is 0.0392. The summed E-state index contributed by atoms with van der Waals surface area (Å²) in [6.07, 6.45) is 6.32. The summed E-state index contributed by atoms with van der Waals surface area (Å²) in [4.78, 5) is 17.4. The van der Waals surface area contributed by atoms with Crippen LogP contribution in [0.25, 0.3) is 45.0 Å². The molecule has 0 amide bonds. The molecule has 3 heterocycles. The largest absolute Gasteiger partial charge is 0.460 e. The van der Waals surface area contributed by atoms with E-state index in [1.54, 1.807) is 0 Å². The molecule has 0 N–H and O–H groups in total. The summed E-state index contributed by atoms with van der Waals surface area (Å²) < 4.78 is 13.3. The van der Waals surface area contributed by atoms with Gasteiger partial charge in [0.15, 0.2) is 23.1 Å². The number of benzene rings is 7. The van der Waals surface area contributed by atoms with Crippen molar-refractivity contribution in [1.82, 2.24) is 15.0 Å². The minimum Gasteiger partial charge on any atom is -0.460 e. The van der Waals surface area contributed by atoms with Gasteiger partial charge in [0.2, 0.25) is 0 Å². The number of allylic oxidation sites excluding steroid dienone is 4. The Hall–Kier alpha value is -7.57. The molecule has 2 aliphatic heterocycles. The normalized spacial score (nSPS) is 16.0. The van der Waals surface area contributed by atoms with Crippen LogP contribution in [0.15, 0.2) is 200 Å². The van der Waals surface area contributed by atoms with Gasteiger partial charge in [0.25, 0.3) is 0 Å². The van der Waals surface area contributed by atoms with E-state index in [0.29, 0.717) is 17.5 Å². The zero-order valence-electron chi connectivity index (χ0n) is 30.7. The van der Waals surface area contributed by atoms with Gasteiger partial charge in [-0.15, -0.1) is 0 Å². The highest BCUT2D eigenvalue weighted by Gasteiger charge is 2.40. The van der Waals surface area contributed by atoms with E-state index in [1.807, 2.05) is 78.9 Å². The minimum absolute atomic E-state index is 0.0824. The van der Waals surface area contributed by atoms with Crippen molar-refractivity contribution in [2.45, 2.75) is 11.8 Å². The van der Waals surface area contributed by atoms with Gasteiger partial charge in [0, 0.05) is 27.9 Å². The smallest absolute Gasteiger partial charge is 0.163 e. The van der Waals surface area contributed by atoms with Gasteiger partial charge in [-0.25, -0.2) is 15.0 Å². The highest BCUT2D eigenvalue weighted by molar-refractivity contribution is 5.89. The summed E-state index contributed by atoms with van der Waals surface area (Å²) in [5, 5.41) is 0. The summed E-state index contributed by atoms with van der Waals surface area (Å²) in [7, 11) is 0.